The van der Waals surface area contributed by atoms with Gasteiger partial charge in [-0.3, -0.25) is 4.79 Å². The minimum absolute atomic E-state index is 0.0402. The molecular weight excluding hydrogens is 190 g/mol. The molecule has 1 aliphatic carbocycles. The summed E-state index contributed by atoms with van der Waals surface area (Å²) in [6, 6.07) is 0.116. The molecule has 86 valence electrons. The SMILES string of the molecule is CC(C)=CC(=O)NC1CCCC1(C)CO. The van der Waals surface area contributed by atoms with Gasteiger partial charge in [0.15, 0.2) is 0 Å². The molecule has 2 N–H and O–H groups in total. The van der Waals surface area contributed by atoms with Gasteiger partial charge in [-0.15, -0.1) is 0 Å². The first kappa shape index (κ1) is 12.2. The molecule has 3 heteroatoms. The van der Waals surface area contributed by atoms with Gasteiger partial charge in [-0.1, -0.05) is 18.9 Å². The van der Waals surface area contributed by atoms with Gasteiger partial charge in [0.2, 0.25) is 5.91 Å². The van der Waals surface area contributed by atoms with E-state index in [4.69, 9.17) is 0 Å². The van der Waals surface area contributed by atoms with E-state index in [9.17, 15) is 9.90 Å². The van der Waals surface area contributed by atoms with E-state index in [2.05, 4.69) is 5.32 Å². The summed E-state index contributed by atoms with van der Waals surface area (Å²) >= 11 is 0. The fraction of sp³-hybridized carbons (Fsp3) is 0.750. The summed E-state index contributed by atoms with van der Waals surface area (Å²) in [7, 11) is 0. The molecule has 2 atom stereocenters. The van der Waals surface area contributed by atoms with Crippen LogP contribution >= 0.6 is 0 Å². The fourth-order valence-electron chi connectivity index (χ4n) is 2.14. The van der Waals surface area contributed by atoms with E-state index in [-0.39, 0.29) is 24.0 Å². The third kappa shape index (κ3) is 3.06. The van der Waals surface area contributed by atoms with Gasteiger partial charge < -0.3 is 10.4 Å². The van der Waals surface area contributed by atoms with Crippen molar-refractivity contribution in [3.8, 4) is 0 Å². The Morgan fingerprint density at radius 3 is 2.80 bits per heavy atom. The second kappa shape index (κ2) is 4.79. The number of hydrogen-bond donors (Lipinski definition) is 2. The van der Waals surface area contributed by atoms with Crippen LogP contribution in [0.4, 0.5) is 0 Å². The lowest BCUT2D eigenvalue weighted by Crippen LogP contribution is -2.44. The second-order valence-electron chi connectivity index (χ2n) is 4.99. The molecule has 1 saturated carbocycles. The van der Waals surface area contributed by atoms with E-state index >= 15 is 0 Å². The number of allylic oxidation sites excluding steroid dienone is 1. The van der Waals surface area contributed by atoms with Crippen molar-refractivity contribution >= 4 is 5.91 Å². The van der Waals surface area contributed by atoms with Crippen LogP contribution in [0.5, 0.6) is 0 Å². The van der Waals surface area contributed by atoms with Gasteiger partial charge in [0.1, 0.15) is 0 Å². The highest BCUT2D eigenvalue weighted by atomic mass is 16.3. The molecule has 0 bridgehead atoms. The normalized spacial score (nSPS) is 30.0. The molecule has 0 aromatic rings. The topological polar surface area (TPSA) is 49.3 Å². The summed E-state index contributed by atoms with van der Waals surface area (Å²) in [5.74, 6) is -0.0402. The van der Waals surface area contributed by atoms with Crippen molar-refractivity contribution in [1.29, 1.82) is 0 Å². The zero-order valence-corrected chi connectivity index (χ0v) is 9.84. The van der Waals surface area contributed by atoms with Crippen LogP contribution in [0.2, 0.25) is 0 Å². The number of nitrogens with one attached hydrogen (secondary N) is 1. The van der Waals surface area contributed by atoms with Gasteiger partial charge in [0.05, 0.1) is 6.61 Å². The summed E-state index contributed by atoms with van der Waals surface area (Å²) < 4.78 is 0. The van der Waals surface area contributed by atoms with Crippen LogP contribution in [-0.2, 0) is 4.79 Å². The van der Waals surface area contributed by atoms with Gasteiger partial charge in [0.25, 0.3) is 0 Å². The highest BCUT2D eigenvalue weighted by molar-refractivity contribution is 5.88. The summed E-state index contributed by atoms with van der Waals surface area (Å²) in [5, 5.41) is 12.3. The van der Waals surface area contributed by atoms with Crippen molar-refractivity contribution in [2.45, 2.75) is 46.1 Å². The molecule has 0 aliphatic heterocycles. The van der Waals surface area contributed by atoms with Crippen LogP contribution in [0.3, 0.4) is 0 Å². The first-order chi connectivity index (χ1) is 6.98. The number of hydrogen-bond acceptors (Lipinski definition) is 2. The smallest absolute Gasteiger partial charge is 0.244 e. The number of carbonyl (C=O) groups excluding carboxylic acids is 1. The first-order valence-electron chi connectivity index (χ1n) is 5.54. The number of carbonyl (C=O) groups is 1. The molecular formula is C12H21NO2. The Bertz CT molecular complexity index is 269. The van der Waals surface area contributed by atoms with Gasteiger partial charge in [-0.05, 0) is 26.7 Å². The Labute approximate surface area is 91.6 Å². The summed E-state index contributed by atoms with van der Waals surface area (Å²) in [6.07, 6.45) is 4.65. The molecule has 1 fully saturated rings. The molecule has 1 amide bonds. The number of rotatable bonds is 3. The predicted molar refractivity (Wildman–Crippen MR) is 60.4 cm³/mol. The zero-order valence-electron chi connectivity index (χ0n) is 9.84. The minimum Gasteiger partial charge on any atom is -0.396 e. The van der Waals surface area contributed by atoms with E-state index in [1.807, 2.05) is 20.8 Å². The predicted octanol–water partition coefficient (Wildman–Crippen LogP) is 1.62. The maximum atomic E-state index is 11.5. The van der Waals surface area contributed by atoms with E-state index in [0.717, 1.165) is 24.8 Å². The van der Waals surface area contributed by atoms with E-state index < -0.39 is 0 Å². The van der Waals surface area contributed by atoms with Crippen LogP contribution in [0.25, 0.3) is 0 Å². The van der Waals surface area contributed by atoms with E-state index in [0.29, 0.717) is 0 Å². The van der Waals surface area contributed by atoms with Crippen LogP contribution in [-0.4, -0.2) is 23.7 Å². The summed E-state index contributed by atoms with van der Waals surface area (Å²) in [4.78, 5) is 11.5. The van der Waals surface area contributed by atoms with Crippen LogP contribution in [0.1, 0.15) is 40.0 Å². The Balaban J connectivity index is 2.58. The highest BCUT2D eigenvalue weighted by Crippen LogP contribution is 2.37. The molecule has 0 saturated heterocycles. The number of aliphatic hydroxyl groups excluding tert-OH is 1. The standard InChI is InChI=1S/C12H21NO2/c1-9(2)7-11(15)13-10-5-4-6-12(10,3)8-14/h7,10,14H,4-6,8H2,1-3H3,(H,13,15). The maximum absolute atomic E-state index is 11.5. The highest BCUT2D eigenvalue weighted by Gasteiger charge is 2.38. The number of amides is 1. The monoisotopic (exact) mass is 211 g/mol. The Morgan fingerprint density at radius 2 is 2.27 bits per heavy atom. The van der Waals surface area contributed by atoms with E-state index in [1.54, 1.807) is 6.08 Å². The lowest BCUT2D eigenvalue weighted by atomic mass is 9.86. The van der Waals surface area contributed by atoms with Crippen LogP contribution in [0.15, 0.2) is 11.6 Å². The Hall–Kier alpha value is -0.830. The third-order valence-corrected chi connectivity index (χ3v) is 3.18. The molecule has 0 spiro atoms. The zero-order chi connectivity index (χ0) is 11.5. The molecule has 0 radical (unpaired) electrons. The van der Waals surface area contributed by atoms with Gasteiger partial charge in [0, 0.05) is 17.5 Å². The first-order valence-corrected chi connectivity index (χ1v) is 5.54. The lowest BCUT2D eigenvalue weighted by Gasteiger charge is -2.29. The summed E-state index contributed by atoms with van der Waals surface area (Å²) in [6.45, 7) is 5.99. The number of aliphatic hydroxyl groups is 1. The van der Waals surface area contributed by atoms with Crippen molar-refractivity contribution in [3.63, 3.8) is 0 Å². The van der Waals surface area contributed by atoms with Gasteiger partial charge in [-0.25, -0.2) is 0 Å². The Kier molecular flexibility index (Phi) is 3.91. The molecule has 0 heterocycles. The van der Waals surface area contributed by atoms with Gasteiger partial charge >= 0.3 is 0 Å². The second-order valence-corrected chi connectivity index (χ2v) is 4.99. The van der Waals surface area contributed by atoms with E-state index in [1.165, 1.54) is 0 Å². The molecule has 3 nitrogen and oxygen atoms in total. The lowest BCUT2D eigenvalue weighted by molar-refractivity contribution is -0.118. The maximum Gasteiger partial charge on any atom is 0.244 e. The molecule has 1 aliphatic rings. The fourth-order valence-corrected chi connectivity index (χ4v) is 2.14. The third-order valence-electron chi connectivity index (χ3n) is 3.18. The van der Waals surface area contributed by atoms with Gasteiger partial charge in [-0.2, -0.15) is 0 Å². The molecule has 2 unspecified atom stereocenters. The Morgan fingerprint density at radius 1 is 1.60 bits per heavy atom. The largest absolute Gasteiger partial charge is 0.396 e. The van der Waals surface area contributed by atoms with Crippen LogP contribution < -0.4 is 5.32 Å². The molecule has 1 rings (SSSR count). The van der Waals surface area contributed by atoms with Crippen molar-refractivity contribution in [1.82, 2.24) is 5.32 Å². The average molecular weight is 211 g/mol. The quantitative estimate of drug-likeness (QED) is 0.697. The molecule has 0 aromatic heterocycles. The molecule has 15 heavy (non-hydrogen) atoms. The van der Waals surface area contributed by atoms with Crippen molar-refractivity contribution in [3.05, 3.63) is 11.6 Å². The van der Waals surface area contributed by atoms with Crippen molar-refractivity contribution in [2.24, 2.45) is 5.41 Å². The summed E-state index contributed by atoms with van der Waals surface area (Å²) in [5.41, 5.74) is 0.863. The average Bonchev–Trinajstić information content (AvgIpc) is 2.47. The minimum atomic E-state index is -0.134. The van der Waals surface area contributed by atoms with Crippen LogP contribution in [0, 0.1) is 5.41 Å². The molecule has 0 aromatic carbocycles. The van der Waals surface area contributed by atoms with Crippen molar-refractivity contribution in [2.75, 3.05) is 6.61 Å². The van der Waals surface area contributed by atoms with Crippen molar-refractivity contribution < 1.29 is 9.90 Å².